The van der Waals surface area contributed by atoms with E-state index in [1.165, 1.54) is 11.1 Å². The Labute approximate surface area is 128 Å². The van der Waals surface area contributed by atoms with Crippen LogP contribution in [0.2, 0.25) is 0 Å². The van der Waals surface area contributed by atoms with Crippen LogP contribution < -0.4 is 10.1 Å². The molecule has 20 heavy (non-hydrogen) atoms. The highest BCUT2D eigenvalue weighted by molar-refractivity contribution is 9.10. The Bertz CT molecular complexity index is 594. The first-order valence-electron chi connectivity index (χ1n) is 7.04. The highest BCUT2D eigenvalue weighted by Crippen LogP contribution is 2.35. The van der Waals surface area contributed by atoms with E-state index in [1.54, 1.807) is 0 Å². The number of aryl methyl sites for hydroxylation is 1. The van der Waals surface area contributed by atoms with Crippen molar-refractivity contribution < 1.29 is 4.74 Å². The third-order valence-corrected chi connectivity index (χ3v) is 4.18. The summed E-state index contributed by atoms with van der Waals surface area (Å²) in [6, 6.07) is 15.2. The van der Waals surface area contributed by atoms with Crippen molar-refractivity contribution in [3.05, 3.63) is 58.1 Å². The lowest BCUT2D eigenvalue weighted by molar-refractivity contribution is 0.340. The molecule has 0 bridgehead atoms. The third kappa shape index (κ3) is 2.83. The monoisotopic (exact) mass is 331 g/mol. The van der Waals surface area contributed by atoms with Gasteiger partial charge in [-0.15, -0.1) is 0 Å². The van der Waals surface area contributed by atoms with Crippen LogP contribution in [-0.2, 0) is 6.42 Å². The molecule has 0 aromatic heterocycles. The average molecular weight is 332 g/mol. The first-order chi connectivity index (χ1) is 9.76. The van der Waals surface area contributed by atoms with Crippen LogP contribution in [-0.4, -0.2) is 6.61 Å². The number of hydrogen-bond donors (Lipinski definition) is 1. The number of anilines is 1. The summed E-state index contributed by atoms with van der Waals surface area (Å²) in [5.74, 6) is 0.925. The minimum atomic E-state index is 0.413. The van der Waals surface area contributed by atoms with Gasteiger partial charge in [0.1, 0.15) is 5.75 Å². The lowest BCUT2D eigenvalue weighted by Crippen LogP contribution is -2.06. The molecule has 0 heterocycles. The predicted molar refractivity (Wildman–Crippen MR) is 86.4 cm³/mol. The molecule has 0 aliphatic heterocycles. The maximum atomic E-state index is 5.47. The number of fused-ring (bicyclic) bond motifs is 1. The summed E-state index contributed by atoms with van der Waals surface area (Å²) in [6.07, 6.45) is 2.29. The molecule has 2 nitrogen and oxygen atoms in total. The Morgan fingerprint density at radius 2 is 2.00 bits per heavy atom. The zero-order chi connectivity index (χ0) is 13.9. The van der Waals surface area contributed by atoms with Gasteiger partial charge in [-0.1, -0.05) is 22.0 Å². The molecule has 0 radical (unpaired) electrons. The Hall–Kier alpha value is -1.48. The molecule has 0 saturated carbocycles. The van der Waals surface area contributed by atoms with Crippen LogP contribution in [0.25, 0.3) is 0 Å². The molecule has 1 aliphatic carbocycles. The van der Waals surface area contributed by atoms with Gasteiger partial charge in [0.15, 0.2) is 0 Å². The molecule has 0 spiro atoms. The number of nitrogens with one attached hydrogen (secondary N) is 1. The third-order valence-electron chi connectivity index (χ3n) is 3.69. The van der Waals surface area contributed by atoms with Crippen molar-refractivity contribution in [3.8, 4) is 5.75 Å². The van der Waals surface area contributed by atoms with E-state index in [2.05, 4.69) is 51.6 Å². The average Bonchev–Trinajstić information content (AvgIpc) is 2.83. The summed E-state index contributed by atoms with van der Waals surface area (Å²) in [4.78, 5) is 0. The summed E-state index contributed by atoms with van der Waals surface area (Å²) >= 11 is 3.54. The first-order valence-corrected chi connectivity index (χ1v) is 7.83. The van der Waals surface area contributed by atoms with Crippen LogP contribution in [0.4, 0.5) is 5.69 Å². The van der Waals surface area contributed by atoms with Crippen molar-refractivity contribution in [2.75, 3.05) is 11.9 Å². The van der Waals surface area contributed by atoms with E-state index < -0.39 is 0 Å². The lowest BCUT2D eigenvalue weighted by Gasteiger charge is -2.16. The van der Waals surface area contributed by atoms with Gasteiger partial charge in [0.25, 0.3) is 0 Å². The summed E-state index contributed by atoms with van der Waals surface area (Å²) < 4.78 is 6.63. The standard InChI is InChI=1S/C17H18BrNO/c1-2-20-15-7-5-14(6-8-15)19-17-10-3-12-11-13(18)4-9-16(12)17/h4-9,11,17,19H,2-3,10H2,1H3. The molecule has 3 rings (SSSR count). The second kappa shape index (κ2) is 5.88. The first kappa shape index (κ1) is 13.5. The van der Waals surface area contributed by atoms with Crippen LogP contribution in [0.15, 0.2) is 46.9 Å². The van der Waals surface area contributed by atoms with Crippen molar-refractivity contribution in [3.63, 3.8) is 0 Å². The number of benzene rings is 2. The summed E-state index contributed by atoms with van der Waals surface area (Å²) in [5, 5.41) is 3.61. The number of ether oxygens (including phenoxy) is 1. The topological polar surface area (TPSA) is 21.3 Å². The molecular weight excluding hydrogens is 314 g/mol. The van der Waals surface area contributed by atoms with Gasteiger partial charge >= 0.3 is 0 Å². The molecule has 0 saturated heterocycles. The van der Waals surface area contributed by atoms with Crippen molar-refractivity contribution in [1.82, 2.24) is 0 Å². The molecule has 1 unspecified atom stereocenters. The van der Waals surface area contributed by atoms with E-state index in [0.717, 1.165) is 28.8 Å². The van der Waals surface area contributed by atoms with E-state index in [9.17, 15) is 0 Å². The summed E-state index contributed by atoms with van der Waals surface area (Å²) in [6.45, 7) is 2.71. The molecule has 3 heteroatoms. The van der Waals surface area contributed by atoms with Gasteiger partial charge in [-0.3, -0.25) is 0 Å². The van der Waals surface area contributed by atoms with Gasteiger partial charge in [0.05, 0.1) is 12.6 Å². The van der Waals surface area contributed by atoms with E-state index >= 15 is 0 Å². The molecule has 1 aliphatic rings. The maximum absolute atomic E-state index is 5.47. The van der Waals surface area contributed by atoms with Gasteiger partial charge in [-0.25, -0.2) is 0 Å². The minimum Gasteiger partial charge on any atom is -0.494 e. The second-order valence-corrected chi connectivity index (χ2v) is 5.95. The summed E-state index contributed by atoms with van der Waals surface area (Å²) in [5.41, 5.74) is 4.01. The SMILES string of the molecule is CCOc1ccc(NC2CCc3cc(Br)ccc32)cc1. The van der Waals surface area contributed by atoms with Crippen LogP contribution in [0.3, 0.4) is 0 Å². The molecular formula is C17H18BrNO. The molecule has 2 aromatic carbocycles. The smallest absolute Gasteiger partial charge is 0.119 e. The normalized spacial score (nSPS) is 16.8. The fourth-order valence-corrected chi connectivity index (χ4v) is 3.16. The minimum absolute atomic E-state index is 0.413. The molecule has 104 valence electrons. The number of hydrogen-bond acceptors (Lipinski definition) is 2. The van der Waals surface area contributed by atoms with Gasteiger partial charge in [-0.2, -0.15) is 0 Å². The van der Waals surface area contributed by atoms with E-state index in [4.69, 9.17) is 4.74 Å². The van der Waals surface area contributed by atoms with Gasteiger partial charge in [0.2, 0.25) is 0 Å². The maximum Gasteiger partial charge on any atom is 0.119 e. The largest absolute Gasteiger partial charge is 0.494 e. The Kier molecular flexibility index (Phi) is 3.97. The Morgan fingerprint density at radius 1 is 1.20 bits per heavy atom. The van der Waals surface area contributed by atoms with Crippen molar-refractivity contribution >= 4 is 21.6 Å². The van der Waals surface area contributed by atoms with Gasteiger partial charge in [0, 0.05) is 10.2 Å². The van der Waals surface area contributed by atoms with Gasteiger partial charge in [-0.05, 0) is 67.3 Å². The Balaban J connectivity index is 1.73. The van der Waals surface area contributed by atoms with Crippen molar-refractivity contribution in [2.24, 2.45) is 0 Å². The molecule has 2 aromatic rings. The molecule has 0 amide bonds. The van der Waals surface area contributed by atoms with Crippen molar-refractivity contribution in [1.29, 1.82) is 0 Å². The zero-order valence-electron chi connectivity index (χ0n) is 11.5. The van der Waals surface area contributed by atoms with Crippen LogP contribution in [0.5, 0.6) is 5.75 Å². The highest BCUT2D eigenvalue weighted by Gasteiger charge is 2.22. The van der Waals surface area contributed by atoms with Crippen LogP contribution >= 0.6 is 15.9 Å². The number of rotatable bonds is 4. The molecule has 0 fully saturated rings. The number of halogens is 1. The second-order valence-electron chi connectivity index (χ2n) is 5.04. The zero-order valence-corrected chi connectivity index (χ0v) is 13.1. The highest BCUT2D eigenvalue weighted by atomic mass is 79.9. The van der Waals surface area contributed by atoms with E-state index in [-0.39, 0.29) is 0 Å². The Morgan fingerprint density at radius 3 is 2.75 bits per heavy atom. The van der Waals surface area contributed by atoms with Gasteiger partial charge < -0.3 is 10.1 Å². The fraction of sp³-hybridized carbons (Fsp3) is 0.294. The fourth-order valence-electron chi connectivity index (χ4n) is 2.75. The lowest BCUT2D eigenvalue weighted by atomic mass is 10.1. The summed E-state index contributed by atoms with van der Waals surface area (Å²) in [7, 11) is 0. The van der Waals surface area contributed by atoms with E-state index in [0.29, 0.717) is 12.6 Å². The predicted octanol–water partition coefficient (Wildman–Crippen LogP) is 4.95. The molecule has 1 N–H and O–H groups in total. The van der Waals surface area contributed by atoms with Crippen LogP contribution in [0.1, 0.15) is 30.5 Å². The van der Waals surface area contributed by atoms with E-state index in [1.807, 2.05) is 19.1 Å². The van der Waals surface area contributed by atoms with Crippen LogP contribution in [0, 0.1) is 0 Å². The molecule has 1 atom stereocenters. The quantitative estimate of drug-likeness (QED) is 0.856. The van der Waals surface area contributed by atoms with Crippen molar-refractivity contribution in [2.45, 2.75) is 25.8 Å².